The van der Waals surface area contributed by atoms with Gasteiger partial charge in [-0.25, -0.2) is 4.98 Å². The van der Waals surface area contributed by atoms with E-state index in [1.54, 1.807) is 18.2 Å². The molecule has 0 saturated carbocycles. The zero-order valence-corrected chi connectivity index (χ0v) is 14.4. The summed E-state index contributed by atoms with van der Waals surface area (Å²) in [4.78, 5) is 18.2. The molecule has 7 heteroatoms. The number of amides is 1. The van der Waals surface area contributed by atoms with E-state index in [2.05, 4.69) is 4.98 Å². The van der Waals surface area contributed by atoms with Crippen LogP contribution in [0.4, 0.5) is 0 Å². The normalized spacial score (nSPS) is 15.5. The van der Waals surface area contributed by atoms with E-state index < -0.39 is 10.8 Å². The number of hydrogen-bond donors (Lipinski definition) is 0. The number of rotatable bonds is 5. The van der Waals surface area contributed by atoms with E-state index in [0.717, 1.165) is 11.3 Å². The summed E-state index contributed by atoms with van der Waals surface area (Å²) in [6.07, 6.45) is 2.50. The summed E-state index contributed by atoms with van der Waals surface area (Å²) in [5.74, 6) is 3.23. The van der Waals surface area contributed by atoms with Gasteiger partial charge in [-0.15, -0.1) is 0 Å². The number of oxazole rings is 1. The highest BCUT2D eigenvalue weighted by molar-refractivity contribution is 7.85. The van der Waals surface area contributed by atoms with E-state index in [1.807, 2.05) is 24.3 Å². The molecule has 1 aliphatic rings. The lowest BCUT2D eigenvalue weighted by Crippen LogP contribution is -2.41. The fourth-order valence-corrected chi connectivity index (χ4v) is 3.63. The first-order chi connectivity index (χ1) is 11.7. The third-order valence-electron chi connectivity index (χ3n) is 4.01. The van der Waals surface area contributed by atoms with E-state index in [1.165, 1.54) is 0 Å². The summed E-state index contributed by atoms with van der Waals surface area (Å²) in [5.41, 5.74) is 0.916. The Morgan fingerprint density at radius 2 is 2.00 bits per heavy atom. The second-order valence-corrected chi connectivity index (χ2v) is 7.27. The number of carbonyl (C=O) groups excluding carboxylic acids is 1. The Balaban J connectivity index is 1.55. The molecule has 0 spiro atoms. The molecule has 1 saturated heterocycles. The Kier molecular flexibility index (Phi) is 5.30. The van der Waals surface area contributed by atoms with Crippen molar-refractivity contribution in [1.29, 1.82) is 0 Å². The van der Waals surface area contributed by atoms with Crippen LogP contribution in [0, 0.1) is 0 Å². The van der Waals surface area contributed by atoms with Gasteiger partial charge in [0.2, 0.25) is 5.91 Å². The van der Waals surface area contributed by atoms with Gasteiger partial charge in [0.15, 0.2) is 11.7 Å². The quantitative estimate of drug-likeness (QED) is 0.825. The van der Waals surface area contributed by atoms with Crippen LogP contribution in [0.5, 0.6) is 5.75 Å². The molecule has 24 heavy (non-hydrogen) atoms. The van der Waals surface area contributed by atoms with Crippen LogP contribution in [0.15, 0.2) is 34.9 Å². The summed E-state index contributed by atoms with van der Waals surface area (Å²) < 4.78 is 22.2. The molecule has 0 radical (unpaired) electrons. The molecule has 0 bridgehead atoms. The maximum atomic E-state index is 12.2. The third-order valence-corrected chi connectivity index (χ3v) is 5.29. The maximum Gasteiger partial charge on any atom is 0.223 e. The number of hydrogen-bond acceptors (Lipinski definition) is 5. The first kappa shape index (κ1) is 16.7. The average molecular weight is 348 g/mol. The van der Waals surface area contributed by atoms with Gasteiger partial charge in [0.1, 0.15) is 5.75 Å². The van der Waals surface area contributed by atoms with Gasteiger partial charge in [-0.05, 0) is 24.3 Å². The van der Waals surface area contributed by atoms with Gasteiger partial charge in [-0.1, -0.05) is 0 Å². The lowest BCUT2D eigenvalue weighted by molar-refractivity contribution is -0.130. The highest BCUT2D eigenvalue weighted by Gasteiger charge is 2.20. The van der Waals surface area contributed by atoms with Gasteiger partial charge in [0.25, 0.3) is 0 Å². The molecule has 1 aromatic carbocycles. The number of carbonyl (C=O) groups is 1. The van der Waals surface area contributed by atoms with E-state index in [-0.39, 0.29) is 5.91 Å². The van der Waals surface area contributed by atoms with Crippen LogP contribution in [0.1, 0.15) is 12.3 Å². The second-order valence-electron chi connectivity index (χ2n) is 5.58. The Morgan fingerprint density at radius 1 is 1.29 bits per heavy atom. The fraction of sp³-hybridized carbons (Fsp3) is 0.412. The number of benzene rings is 1. The van der Waals surface area contributed by atoms with Crippen LogP contribution >= 0.6 is 0 Å². The SMILES string of the molecule is COc1ccc(-c2cnc(CCC(=O)N3CCS(=O)CC3)o2)cc1. The van der Waals surface area contributed by atoms with Crippen molar-refractivity contribution in [2.24, 2.45) is 0 Å². The minimum atomic E-state index is -0.771. The first-order valence-electron chi connectivity index (χ1n) is 7.87. The van der Waals surface area contributed by atoms with Crippen LogP contribution in [0.3, 0.4) is 0 Å². The molecule has 6 nitrogen and oxygen atoms in total. The largest absolute Gasteiger partial charge is 0.497 e. The lowest BCUT2D eigenvalue weighted by Gasteiger charge is -2.26. The van der Waals surface area contributed by atoms with Crippen molar-refractivity contribution >= 4 is 16.7 Å². The smallest absolute Gasteiger partial charge is 0.223 e. The zero-order valence-electron chi connectivity index (χ0n) is 13.6. The number of ether oxygens (including phenoxy) is 1. The van der Waals surface area contributed by atoms with Gasteiger partial charge in [-0.3, -0.25) is 9.00 Å². The molecular formula is C17H20N2O4S. The number of methoxy groups -OCH3 is 1. The topological polar surface area (TPSA) is 72.6 Å². The van der Waals surface area contributed by atoms with Gasteiger partial charge < -0.3 is 14.1 Å². The van der Waals surface area contributed by atoms with Crippen molar-refractivity contribution in [3.05, 3.63) is 36.4 Å². The predicted octanol–water partition coefficient (Wildman–Crippen LogP) is 1.87. The van der Waals surface area contributed by atoms with Crippen molar-refractivity contribution in [2.75, 3.05) is 31.7 Å². The highest BCUT2D eigenvalue weighted by Crippen LogP contribution is 2.23. The van der Waals surface area contributed by atoms with Gasteiger partial charge in [0, 0.05) is 53.8 Å². The molecule has 1 aliphatic heterocycles. The van der Waals surface area contributed by atoms with Gasteiger partial charge in [-0.2, -0.15) is 0 Å². The molecular weight excluding hydrogens is 328 g/mol. The molecule has 1 aromatic heterocycles. The monoisotopic (exact) mass is 348 g/mol. The molecule has 0 atom stereocenters. The molecule has 0 unspecified atom stereocenters. The molecule has 2 aromatic rings. The van der Waals surface area contributed by atoms with E-state index >= 15 is 0 Å². The second kappa shape index (κ2) is 7.61. The molecule has 1 fully saturated rings. The molecule has 3 rings (SSSR count). The average Bonchev–Trinajstić information content (AvgIpc) is 3.09. The summed E-state index contributed by atoms with van der Waals surface area (Å²) in [6.45, 7) is 1.16. The van der Waals surface area contributed by atoms with Gasteiger partial charge >= 0.3 is 0 Å². The van der Waals surface area contributed by atoms with Crippen molar-refractivity contribution in [2.45, 2.75) is 12.8 Å². The van der Waals surface area contributed by atoms with Crippen LogP contribution in [-0.4, -0.2) is 51.7 Å². The Bertz CT molecular complexity index is 716. The number of aromatic nitrogens is 1. The minimum absolute atomic E-state index is 0.0656. The molecule has 128 valence electrons. The third kappa shape index (κ3) is 4.03. The predicted molar refractivity (Wildman–Crippen MR) is 91.3 cm³/mol. The summed E-state index contributed by atoms with van der Waals surface area (Å²) >= 11 is 0. The summed E-state index contributed by atoms with van der Waals surface area (Å²) in [7, 11) is 0.852. The highest BCUT2D eigenvalue weighted by atomic mass is 32.2. The first-order valence-corrected chi connectivity index (χ1v) is 9.36. The Labute approximate surface area is 143 Å². The molecule has 2 heterocycles. The van der Waals surface area contributed by atoms with E-state index in [4.69, 9.17) is 9.15 Å². The van der Waals surface area contributed by atoms with Crippen molar-refractivity contribution < 1.29 is 18.2 Å². The zero-order chi connectivity index (χ0) is 16.9. The Hall–Kier alpha value is -2.15. The fourth-order valence-electron chi connectivity index (χ4n) is 2.57. The Morgan fingerprint density at radius 3 is 2.67 bits per heavy atom. The molecule has 0 N–H and O–H groups in total. The van der Waals surface area contributed by atoms with E-state index in [9.17, 15) is 9.00 Å². The van der Waals surface area contributed by atoms with Crippen molar-refractivity contribution in [3.63, 3.8) is 0 Å². The van der Waals surface area contributed by atoms with E-state index in [0.29, 0.717) is 49.1 Å². The molecule has 0 aliphatic carbocycles. The van der Waals surface area contributed by atoms with Crippen LogP contribution in [-0.2, 0) is 22.0 Å². The van der Waals surface area contributed by atoms with Crippen LogP contribution in [0.2, 0.25) is 0 Å². The van der Waals surface area contributed by atoms with Crippen LogP contribution in [0.25, 0.3) is 11.3 Å². The standard InChI is InChI=1S/C17H20N2O4S/c1-22-14-4-2-13(3-5-14)15-12-18-16(23-15)6-7-17(20)19-8-10-24(21)11-9-19/h2-5,12H,6-11H2,1H3. The van der Waals surface area contributed by atoms with Crippen LogP contribution < -0.4 is 4.74 Å². The lowest BCUT2D eigenvalue weighted by atomic mass is 10.2. The van der Waals surface area contributed by atoms with Crippen molar-refractivity contribution in [3.8, 4) is 17.1 Å². The molecule has 1 amide bonds. The number of nitrogens with zero attached hydrogens (tertiary/aromatic N) is 2. The summed E-state index contributed by atoms with van der Waals surface area (Å²) in [6, 6.07) is 7.53. The number of aryl methyl sites for hydroxylation is 1. The maximum absolute atomic E-state index is 12.2. The minimum Gasteiger partial charge on any atom is -0.497 e. The summed E-state index contributed by atoms with van der Waals surface area (Å²) in [5, 5.41) is 0. The van der Waals surface area contributed by atoms with Crippen molar-refractivity contribution in [1.82, 2.24) is 9.88 Å². The van der Waals surface area contributed by atoms with Gasteiger partial charge in [0.05, 0.1) is 13.3 Å².